The lowest BCUT2D eigenvalue weighted by atomic mass is 10.1. The van der Waals surface area contributed by atoms with E-state index in [1.54, 1.807) is 0 Å². The topological polar surface area (TPSA) is 29.9 Å². The molecule has 1 aromatic heterocycles. The van der Waals surface area contributed by atoms with Crippen LogP contribution in [-0.4, -0.2) is 15.6 Å². The van der Waals surface area contributed by atoms with Gasteiger partial charge in [-0.15, -0.1) is 0 Å². The number of imidazole rings is 1. The molecule has 19 heavy (non-hydrogen) atoms. The summed E-state index contributed by atoms with van der Waals surface area (Å²) in [5.74, 6) is 1.06. The van der Waals surface area contributed by atoms with Crippen LogP contribution in [0, 0.1) is 0 Å². The quantitative estimate of drug-likeness (QED) is 0.907. The molecule has 1 aliphatic rings. The highest BCUT2D eigenvalue weighted by atomic mass is 35.5. The van der Waals surface area contributed by atoms with Crippen LogP contribution >= 0.6 is 11.6 Å². The molecule has 0 atom stereocenters. The third-order valence-corrected chi connectivity index (χ3v) is 3.73. The molecule has 1 heterocycles. The van der Waals surface area contributed by atoms with E-state index in [0.29, 0.717) is 6.04 Å². The second-order valence-electron chi connectivity index (χ2n) is 5.00. The van der Waals surface area contributed by atoms with E-state index in [1.807, 2.05) is 24.5 Å². The summed E-state index contributed by atoms with van der Waals surface area (Å²) in [6.45, 7) is 3.00. The molecule has 0 amide bonds. The molecular weight excluding hydrogens is 258 g/mol. The van der Waals surface area contributed by atoms with Gasteiger partial charge in [0.2, 0.25) is 0 Å². The van der Waals surface area contributed by atoms with Gasteiger partial charge in [-0.1, -0.05) is 24.6 Å². The van der Waals surface area contributed by atoms with Crippen LogP contribution in [0.5, 0.6) is 0 Å². The number of rotatable bonds is 5. The summed E-state index contributed by atoms with van der Waals surface area (Å²) < 4.78 is 2.13. The largest absolute Gasteiger partial charge is 0.310 e. The second kappa shape index (κ2) is 5.35. The van der Waals surface area contributed by atoms with Crippen molar-refractivity contribution in [2.75, 3.05) is 0 Å². The zero-order valence-corrected chi connectivity index (χ0v) is 11.8. The molecule has 0 bridgehead atoms. The molecule has 0 unspecified atom stereocenters. The maximum Gasteiger partial charge on any atom is 0.112 e. The normalized spacial score (nSPS) is 14.8. The van der Waals surface area contributed by atoms with Gasteiger partial charge >= 0.3 is 0 Å². The molecule has 0 radical (unpaired) electrons. The Balaban J connectivity index is 1.94. The van der Waals surface area contributed by atoms with E-state index < -0.39 is 0 Å². The summed E-state index contributed by atoms with van der Waals surface area (Å²) >= 11 is 6.15. The smallest absolute Gasteiger partial charge is 0.112 e. The van der Waals surface area contributed by atoms with Gasteiger partial charge in [0, 0.05) is 36.4 Å². The van der Waals surface area contributed by atoms with Crippen molar-refractivity contribution < 1.29 is 0 Å². The Morgan fingerprint density at radius 1 is 1.42 bits per heavy atom. The third-order valence-electron chi connectivity index (χ3n) is 3.50. The summed E-state index contributed by atoms with van der Waals surface area (Å²) in [5.41, 5.74) is 2.40. The third kappa shape index (κ3) is 2.82. The standard InChI is InChI=1S/C15H18ClN3/c1-2-15-17-7-8-19(15)14-9-12(16)4-3-11(14)10-18-13-5-6-13/h3-4,7-9,13,18H,2,5-6,10H2,1H3. The first-order valence-electron chi connectivity index (χ1n) is 6.82. The molecule has 1 aliphatic carbocycles. The average Bonchev–Trinajstić information content (AvgIpc) is 3.12. The summed E-state index contributed by atoms with van der Waals surface area (Å²) in [7, 11) is 0. The van der Waals surface area contributed by atoms with Crippen molar-refractivity contribution in [2.45, 2.75) is 38.8 Å². The van der Waals surface area contributed by atoms with Crippen LogP contribution in [-0.2, 0) is 13.0 Å². The van der Waals surface area contributed by atoms with Gasteiger partial charge in [0.1, 0.15) is 5.82 Å². The SMILES string of the molecule is CCc1nccn1-c1cc(Cl)ccc1CNC1CC1. The Morgan fingerprint density at radius 3 is 3.00 bits per heavy atom. The molecule has 3 nitrogen and oxygen atoms in total. The van der Waals surface area contributed by atoms with Crippen LogP contribution in [0.2, 0.25) is 5.02 Å². The predicted molar refractivity (Wildman–Crippen MR) is 77.8 cm³/mol. The Bertz CT molecular complexity index is 573. The minimum absolute atomic E-state index is 0.706. The maximum atomic E-state index is 6.15. The fourth-order valence-corrected chi connectivity index (χ4v) is 2.43. The van der Waals surface area contributed by atoms with E-state index in [1.165, 1.54) is 18.4 Å². The minimum atomic E-state index is 0.706. The van der Waals surface area contributed by atoms with E-state index in [2.05, 4.69) is 27.9 Å². The lowest BCUT2D eigenvalue weighted by molar-refractivity contribution is 0.683. The molecule has 1 N–H and O–H groups in total. The van der Waals surface area contributed by atoms with Crippen LogP contribution in [0.3, 0.4) is 0 Å². The highest BCUT2D eigenvalue weighted by Gasteiger charge is 2.20. The van der Waals surface area contributed by atoms with Gasteiger partial charge < -0.3 is 9.88 Å². The van der Waals surface area contributed by atoms with Crippen molar-refractivity contribution in [3.63, 3.8) is 0 Å². The molecule has 2 aromatic rings. The average molecular weight is 276 g/mol. The Hall–Kier alpha value is -1.32. The van der Waals surface area contributed by atoms with Crippen molar-refractivity contribution in [1.29, 1.82) is 0 Å². The summed E-state index contributed by atoms with van der Waals surface area (Å²) in [6, 6.07) is 6.79. The van der Waals surface area contributed by atoms with Gasteiger partial charge in [0.25, 0.3) is 0 Å². The Kier molecular flexibility index (Phi) is 3.58. The van der Waals surface area contributed by atoms with Crippen molar-refractivity contribution in [2.24, 2.45) is 0 Å². The van der Waals surface area contributed by atoms with Gasteiger partial charge in [0.05, 0.1) is 5.69 Å². The van der Waals surface area contributed by atoms with E-state index in [0.717, 1.165) is 29.5 Å². The van der Waals surface area contributed by atoms with E-state index in [4.69, 9.17) is 11.6 Å². The van der Waals surface area contributed by atoms with Gasteiger partial charge in [-0.05, 0) is 30.5 Å². The summed E-state index contributed by atoms with van der Waals surface area (Å²) in [6.07, 6.45) is 7.36. The molecule has 1 saturated carbocycles. The zero-order valence-electron chi connectivity index (χ0n) is 11.1. The van der Waals surface area contributed by atoms with Crippen LogP contribution < -0.4 is 5.32 Å². The van der Waals surface area contributed by atoms with Crippen molar-refractivity contribution in [3.8, 4) is 5.69 Å². The molecule has 1 aromatic carbocycles. The lowest BCUT2D eigenvalue weighted by Crippen LogP contribution is -2.17. The van der Waals surface area contributed by atoms with E-state index in [-0.39, 0.29) is 0 Å². The molecule has 0 spiro atoms. The van der Waals surface area contributed by atoms with E-state index >= 15 is 0 Å². The molecule has 3 rings (SSSR count). The van der Waals surface area contributed by atoms with Crippen molar-refractivity contribution in [3.05, 3.63) is 47.0 Å². The zero-order chi connectivity index (χ0) is 13.2. The van der Waals surface area contributed by atoms with E-state index in [9.17, 15) is 0 Å². The first-order chi connectivity index (χ1) is 9.28. The molecule has 1 fully saturated rings. The monoisotopic (exact) mass is 275 g/mol. The lowest BCUT2D eigenvalue weighted by Gasteiger charge is -2.13. The number of nitrogens with one attached hydrogen (secondary N) is 1. The Labute approximate surface area is 118 Å². The van der Waals surface area contributed by atoms with Crippen LogP contribution in [0.15, 0.2) is 30.6 Å². The molecule has 4 heteroatoms. The summed E-state index contributed by atoms with van der Waals surface area (Å²) in [4.78, 5) is 4.39. The molecule has 0 saturated heterocycles. The number of hydrogen-bond donors (Lipinski definition) is 1. The van der Waals surface area contributed by atoms with Gasteiger partial charge in [-0.25, -0.2) is 4.98 Å². The molecular formula is C15H18ClN3. The minimum Gasteiger partial charge on any atom is -0.310 e. The van der Waals surface area contributed by atoms with Gasteiger partial charge in [-0.3, -0.25) is 0 Å². The van der Waals surface area contributed by atoms with Crippen LogP contribution in [0.25, 0.3) is 5.69 Å². The van der Waals surface area contributed by atoms with Crippen molar-refractivity contribution >= 4 is 11.6 Å². The highest BCUT2D eigenvalue weighted by Crippen LogP contribution is 2.24. The number of aryl methyl sites for hydroxylation is 1. The molecule has 0 aliphatic heterocycles. The predicted octanol–water partition coefficient (Wildman–Crippen LogP) is 3.34. The maximum absolute atomic E-state index is 6.15. The number of halogens is 1. The van der Waals surface area contributed by atoms with Gasteiger partial charge in [0.15, 0.2) is 0 Å². The highest BCUT2D eigenvalue weighted by molar-refractivity contribution is 6.30. The van der Waals surface area contributed by atoms with Crippen LogP contribution in [0.4, 0.5) is 0 Å². The number of aromatic nitrogens is 2. The van der Waals surface area contributed by atoms with Crippen molar-refractivity contribution in [1.82, 2.24) is 14.9 Å². The first kappa shape index (κ1) is 12.7. The Morgan fingerprint density at radius 2 is 2.26 bits per heavy atom. The second-order valence-corrected chi connectivity index (χ2v) is 5.43. The fourth-order valence-electron chi connectivity index (χ4n) is 2.27. The van der Waals surface area contributed by atoms with Gasteiger partial charge in [-0.2, -0.15) is 0 Å². The summed E-state index contributed by atoms with van der Waals surface area (Å²) in [5, 5.41) is 4.32. The first-order valence-corrected chi connectivity index (χ1v) is 7.20. The number of hydrogen-bond acceptors (Lipinski definition) is 2. The number of nitrogens with zero attached hydrogens (tertiary/aromatic N) is 2. The van der Waals surface area contributed by atoms with Crippen LogP contribution in [0.1, 0.15) is 31.2 Å². The molecule has 100 valence electrons. The fraction of sp³-hybridized carbons (Fsp3) is 0.400. The number of benzene rings is 1.